The normalized spacial score (nSPS) is 12.1. The Kier molecular flexibility index (Phi) is 7.17. The maximum atomic E-state index is 12.4. The molecule has 2 aromatic rings. The third-order valence-corrected chi connectivity index (χ3v) is 5.33. The van der Waals surface area contributed by atoms with E-state index in [0.717, 1.165) is 11.1 Å². The molecule has 8 heteroatoms. The van der Waals surface area contributed by atoms with E-state index in [-0.39, 0.29) is 17.2 Å². The number of sulfonamides is 1. The monoisotopic (exact) mass is 404 g/mol. The lowest BCUT2D eigenvalue weighted by atomic mass is 10.0. The maximum absolute atomic E-state index is 12.4. The van der Waals surface area contributed by atoms with Crippen LogP contribution in [0.4, 0.5) is 0 Å². The van der Waals surface area contributed by atoms with Crippen molar-refractivity contribution in [2.45, 2.75) is 38.1 Å². The third kappa shape index (κ3) is 6.09. The SMILES string of the molecule is CCOc1ccc(S(=O)(=O)NC(=O)CC(NC(C)=O)c2ccc(C)cc2)cc1. The Labute approximate surface area is 165 Å². The minimum atomic E-state index is -4.02. The fourth-order valence-electron chi connectivity index (χ4n) is 2.61. The highest BCUT2D eigenvalue weighted by molar-refractivity contribution is 7.90. The minimum absolute atomic E-state index is 0.0456. The van der Waals surface area contributed by atoms with Gasteiger partial charge in [0.05, 0.1) is 24.0 Å². The highest BCUT2D eigenvalue weighted by atomic mass is 32.2. The van der Waals surface area contributed by atoms with Gasteiger partial charge in [-0.1, -0.05) is 29.8 Å². The van der Waals surface area contributed by atoms with Gasteiger partial charge in [-0.3, -0.25) is 9.59 Å². The molecule has 2 aromatic carbocycles. The van der Waals surface area contributed by atoms with Crippen molar-refractivity contribution in [2.24, 2.45) is 0 Å². The molecular formula is C20H24N2O5S. The number of ether oxygens (including phenoxy) is 1. The van der Waals surface area contributed by atoms with Crippen LogP contribution in [0.15, 0.2) is 53.4 Å². The Balaban J connectivity index is 2.12. The second-order valence-electron chi connectivity index (χ2n) is 6.30. The van der Waals surface area contributed by atoms with Crippen molar-refractivity contribution in [1.29, 1.82) is 0 Å². The molecule has 1 unspecified atom stereocenters. The predicted molar refractivity (Wildman–Crippen MR) is 105 cm³/mol. The molecule has 28 heavy (non-hydrogen) atoms. The van der Waals surface area contributed by atoms with Crippen LogP contribution >= 0.6 is 0 Å². The third-order valence-electron chi connectivity index (χ3n) is 3.94. The highest BCUT2D eigenvalue weighted by Gasteiger charge is 2.22. The molecule has 2 rings (SSSR count). The number of benzene rings is 2. The molecule has 2 amide bonds. The molecule has 0 bridgehead atoms. The first kappa shape index (κ1) is 21.4. The minimum Gasteiger partial charge on any atom is -0.494 e. The quantitative estimate of drug-likeness (QED) is 0.704. The second kappa shape index (κ2) is 9.36. The Morgan fingerprint density at radius 2 is 1.64 bits per heavy atom. The summed E-state index contributed by atoms with van der Waals surface area (Å²) in [5, 5.41) is 2.68. The number of rotatable bonds is 8. The molecule has 0 heterocycles. The van der Waals surface area contributed by atoms with E-state index in [0.29, 0.717) is 12.4 Å². The number of hydrogen-bond acceptors (Lipinski definition) is 5. The van der Waals surface area contributed by atoms with Crippen LogP contribution in [-0.2, 0) is 19.6 Å². The molecule has 150 valence electrons. The van der Waals surface area contributed by atoms with Gasteiger partial charge in [0.15, 0.2) is 0 Å². The maximum Gasteiger partial charge on any atom is 0.264 e. The topological polar surface area (TPSA) is 102 Å². The predicted octanol–water partition coefficient (Wildman–Crippen LogP) is 2.47. The van der Waals surface area contributed by atoms with Crippen LogP contribution in [0, 0.1) is 6.92 Å². The molecule has 0 spiro atoms. The van der Waals surface area contributed by atoms with E-state index in [4.69, 9.17) is 4.74 Å². The first-order valence-corrected chi connectivity index (χ1v) is 10.3. The Bertz CT molecular complexity index is 922. The summed E-state index contributed by atoms with van der Waals surface area (Å²) >= 11 is 0. The molecule has 1 atom stereocenters. The largest absolute Gasteiger partial charge is 0.494 e. The van der Waals surface area contributed by atoms with Gasteiger partial charge in [0.1, 0.15) is 5.75 Å². The van der Waals surface area contributed by atoms with Crippen LogP contribution in [0.1, 0.15) is 37.4 Å². The van der Waals surface area contributed by atoms with Crippen LogP contribution in [0.25, 0.3) is 0 Å². The molecule has 0 radical (unpaired) electrons. The number of carbonyl (C=O) groups is 2. The van der Waals surface area contributed by atoms with Gasteiger partial charge < -0.3 is 10.1 Å². The number of hydrogen-bond donors (Lipinski definition) is 2. The van der Waals surface area contributed by atoms with Gasteiger partial charge in [-0.15, -0.1) is 0 Å². The first-order valence-electron chi connectivity index (χ1n) is 8.83. The summed E-state index contributed by atoms with van der Waals surface area (Å²) in [6.45, 7) is 5.56. The smallest absolute Gasteiger partial charge is 0.264 e. The zero-order valence-electron chi connectivity index (χ0n) is 16.1. The summed E-state index contributed by atoms with van der Waals surface area (Å²) < 4.78 is 32.2. The fraction of sp³-hybridized carbons (Fsp3) is 0.300. The van der Waals surface area contributed by atoms with E-state index in [9.17, 15) is 18.0 Å². The van der Waals surface area contributed by atoms with Crippen LogP contribution in [0.2, 0.25) is 0 Å². The summed E-state index contributed by atoms with van der Waals surface area (Å²) in [6, 6.07) is 12.5. The summed E-state index contributed by atoms with van der Waals surface area (Å²) in [5.74, 6) is -0.487. The number of nitrogens with one attached hydrogen (secondary N) is 2. The van der Waals surface area contributed by atoms with E-state index in [1.165, 1.54) is 31.2 Å². The van der Waals surface area contributed by atoms with Crippen molar-refractivity contribution in [2.75, 3.05) is 6.61 Å². The second-order valence-corrected chi connectivity index (χ2v) is 7.98. The summed E-state index contributed by atoms with van der Waals surface area (Å²) in [6.07, 6.45) is -0.209. The van der Waals surface area contributed by atoms with E-state index < -0.39 is 22.0 Å². The van der Waals surface area contributed by atoms with Crippen LogP contribution in [0.5, 0.6) is 5.75 Å². The molecule has 0 aliphatic heterocycles. The van der Waals surface area contributed by atoms with Crippen molar-refractivity contribution in [3.63, 3.8) is 0 Å². The average molecular weight is 404 g/mol. The molecule has 7 nitrogen and oxygen atoms in total. The number of aryl methyl sites for hydroxylation is 1. The van der Waals surface area contributed by atoms with E-state index in [2.05, 4.69) is 10.0 Å². The molecule has 0 aliphatic carbocycles. The van der Waals surface area contributed by atoms with Crippen molar-refractivity contribution in [3.8, 4) is 5.75 Å². The Morgan fingerprint density at radius 3 is 2.18 bits per heavy atom. The Hall–Kier alpha value is -2.87. The highest BCUT2D eigenvalue weighted by Crippen LogP contribution is 2.19. The van der Waals surface area contributed by atoms with Crippen LogP contribution in [-0.4, -0.2) is 26.8 Å². The number of carbonyl (C=O) groups excluding carboxylic acids is 2. The molecule has 0 fully saturated rings. The van der Waals surface area contributed by atoms with E-state index >= 15 is 0 Å². The zero-order valence-corrected chi connectivity index (χ0v) is 16.9. The fourth-order valence-corrected chi connectivity index (χ4v) is 3.61. The van der Waals surface area contributed by atoms with Crippen molar-refractivity contribution >= 4 is 21.8 Å². The van der Waals surface area contributed by atoms with Crippen molar-refractivity contribution < 1.29 is 22.7 Å². The lowest BCUT2D eigenvalue weighted by Crippen LogP contribution is -2.35. The first-order chi connectivity index (χ1) is 13.2. The molecule has 0 saturated heterocycles. The van der Waals surface area contributed by atoms with Gasteiger partial charge >= 0.3 is 0 Å². The Morgan fingerprint density at radius 1 is 1.04 bits per heavy atom. The van der Waals surface area contributed by atoms with Crippen molar-refractivity contribution in [1.82, 2.24) is 10.0 Å². The van der Waals surface area contributed by atoms with Crippen LogP contribution < -0.4 is 14.8 Å². The van der Waals surface area contributed by atoms with Gasteiger partial charge in [0.2, 0.25) is 11.8 Å². The summed E-state index contributed by atoms with van der Waals surface area (Å²) in [7, 11) is -4.02. The van der Waals surface area contributed by atoms with Gasteiger partial charge in [0.25, 0.3) is 10.0 Å². The average Bonchev–Trinajstić information content (AvgIpc) is 2.61. The van der Waals surface area contributed by atoms with Gasteiger partial charge in [-0.25, -0.2) is 13.1 Å². The molecule has 0 aromatic heterocycles. The zero-order chi connectivity index (χ0) is 20.7. The molecular weight excluding hydrogens is 380 g/mol. The van der Waals surface area contributed by atoms with Crippen molar-refractivity contribution in [3.05, 3.63) is 59.7 Å². The van der Waals surface area contributed by atoms with Gasteiger partial charge in [0, 0.05) is 6.92 Å². The van der Waals surface area contributed by atoms with E-state index in [1.807, 2.05) is 26.0 Å². The molecule has 0 aliphatic rings. The molecule has 2 N–H and O–H groups in total. The number of amides is 2. The van der Waals surface area contributed by atoms with Gasteiger partial charge in [-0.05, 0) is 43.7 Å². The summed E-state index contributed by atoms with van der Waals surface area (Å²) in [5.41, 5.74) is 1.75. The molecule has 0 saturated carbocycles. The van der Waals surface area contributed by atoms with E-state index in [1.54, 1.807) is 12.1 Å². The summed E-state index contributed by atoms with van der Waals surface area (Å²) in [4.78, 5) is 23.8. The van der Waals surface area contributed by atoms with Crippen LogP contribution in [0.3, 0.4) is 0 Å². The standard InChI is InChI=1S/C20H24N2O5S/c1-4-27-17-9-11-18(12-10-17)28(25,26)22-20(24)13-19(21-15(3)23)16-7-5-14(2)6-8-16/h5-12,19H,4,13H2,1-3H3,(H,21,23)(H,22,24). The lowest BCUT2D eigenvalue weighted by Gasteiger charge is -2.18. The van der Waals surface area contributed by atoms with Gasteiger partial charge in [-0.2, -0.15) is 0 Å². The lowest BCUT2D eigenvalue weighted by molar-refractivity contribution is -0.121.